The van der Waals surface area contributed by atoms with Crippen molar-refractivity contribution in [2.24, 2.45) is 5.92 Å². The third-order valence-corrected chi connectivity index (χ3v) is 9.38. The molecule has 2 amide bonds. The van der Waals surface area contributed by atoms with E-state index in [4.69, 9.17) is 21.1 Å². The van der Waals surface area contributed by atoms with Crippen molar-refractivity contribution in [2.45, 2.75) is 44.6 Å². The number of aromatic nitrogens is 1. The Kier molecular flexibility index (Phi) is 9.39. The number of rotatable bonds is 10. The van der Waals surface area contributed by atoms with Gasteiger partial charge in [-0.3, -0.25) is 9.59 Å². The Hall–Kier alpha value is -3.86. The highest BCUT2D eigenvalue weighted by Gasteiger charge is 2.24. The van der Waals surface area contributed by atoms with Gasteiger partial charge in [-0.2, -0.15) is 0 Å². The van der Waals surface area contributed by atoms with Gasteiger partial charge in [-0.1, -0.05) is 29.8 Å². The summed E-state index contributed by atoms with van der Waals surface area (Å²) < 4.78 is 41.6. The zero-order chi connectivity index (χ0) is 30.6. The summed E-state index contributed by atoms with van der Waals surface area (Å²) in [5, 5.41) is 4.33. The number of nitrogens with one attached hydrogen (secondary N) is 2. The fourth-order valence-corrected chi connectivity index (χ4v) is 6.25. The van der Waals surface area contributed by atoms with Gasteiger partial charge in [0.05, 0.1) is 24.0 Å². The number of aryl methyl sites for hydroxylation is 3. The Labute approximate surface area is 256 Å². The molecule has 11 heteroatoms. The quantitative estimate of drug-likeness (QED) is 0.214. The van der Waals surface area contributed by atoms with Crippen LogP contribution in [-0.4, -0.2) is 44.6 Å². The van der Waals surface area contributed by atoms with Crippen LogP contribution < -0.4 is 14.8 Å². The van der Waals surface area contributed by atoms with Gasteiger partial charge >= 0.3 is 0 Å². The minimum absolute atomic E-state index is 0.0931. The largest absolute Gasteiger partial charge is 0.494 e. The standard InChI is InChI=1S/C32H34ClN3O6S/c1-21-17-26(18-22(2)30(21)33)42-16-6-14-36-28-9-4-3-7-23(28)19-29(36)32(38)35-43(39,40)27-12-10-25(11-13-27)34-31(37)24-8-5-15-41-20-24/h3-4,7,9-13,17-19,24H,5-6,8,14-16,20H2,1-2H3,(H,34,37)(H,35,38)/t24-/m1/s1. The van der Waals surface area contributed by atoms with Gasteiger partial charge in [-0.25, -0.2) is 13.1 Å². The van der Waals surface area contributed by atoms with Crippen LogP contribution >= 0.6 is 11.6 Å². The van der Waals surface area contributed by atoms with Gasteiger partial charge in [0.1, 0.15) is 11.4 Å². The van der Waals surface area contributed by atoms with E-state index in [-0.39, 0.29) is 22.4 Å². The van der Waals surface area contributed by atoms with Crippen molar-refractivity contribution in [3.8, 4) is 5.75 Å². The zero-order valence-corrected chi connectivity index (χ0v) is 25.6. The van der Waals surface area contributed by atoms with E-state index in [1.54, 1.807) is 10.6 Å². The number of nitrogens with zero attached hydrogens (tertiary/aromatic N) is 1. The Balaban J connectivity index is 1.26. The van der Waals surface area contributed by atoms with Crippen LogP contribution in [0.5, 0.6) is 5.75 Å². The smallest absolute Gasteiger partial charge is 0.281 e. The average molecular weight is 624 g/mol. The summed E-state index contributed by atoms with van der Waals surface area (Å²) in [4.78, 5) is 25.7. The molecule has 0 bridgehead atoms. The number of carbonyl (C=O) groups is 2. The second kappa shape index (κ2) is 13.2. The predicted molar refractivity (Wildman–Crippen MR) is 166 cm³/mol. The zero-order valence-electron chi connectivity index (χ0n) is 24.1. The summed E-state index contributed by atoms with van der Waals surface area (Å²) in [6.07, 6.45) is 2.15. The van der Waals surface area contributed by atoms with Crippen LogP contribution in [0.15, 0.2) is 71.6 Å². The number of para-hydroxylation sites is 1. The lowest BCUT2D eigenvalue weighted by Crippen LogP contribution is -2.32. The fourth-order valence-electron chi connectivity index (χ4n) is 5.18. The first kappa shape index (κ1) is 30.6. The first-order chi connectivity index (χ1) is 20.6. The summed E-state index contributed by atoms with van der Waals surface area (Å²) in [6.45, 7) is 5.70. The van der Waals surface area contributed by atoms with E-state index in [1.165, 1.54) is 24.3 Å². The number of fused-ring (bicyclic) bond motifs is 1. The van der Waals surface area contributed by atoms with Gasteiger partial charge in [0.15, 0.2) is 0 Å². The Morgan fingerprint density at radius 3 is 2.47 bits per heavy atom. The highest BCUT2D eigenvalue weighted by molar-refractivity contribution is 7.90. The first-order valence-corrected chi connectivity index (χ1v) is 16.0. The SMILES string of the molecule is Cc1cc(OCCCn2c(C(=O)NS(=O)(=O)c3ccc(NC(=O)[C@@H]4CCCOC4)cc3)cc3ccccc32)cc(C)c1Cl. The minimum atomic E-state index is -4.18. The molecule has 0 spiro atoms. The van der Waals surface area contributed by atoms with Crippen molar-refractivity contribution in [1.82, 2.24) is 9.29 Å². The van der Waals surface area contributed by atoms with Crippen molar-refractivity contribution >= 4 is 50.0 Å². The van der Waals surface area contributed by atoms with Crippen LogP contribution in [0.4, 0.5) is 5.69 Å². The van der Waals surface area contributed by atoms with Gasteiger partial charge in [-0.15, -0.1) is 0 Å². The van der Waals surface area contributed by atoms with Crippen molar-refractivity contribution in [2.75, 3.05) is 25.1 Å². The molecule has 9 nitrogen and oxygen atoms in total. The molecule has 43 heavy (non-hydrogen) atoms. The van der Waals surface area contributed by atoms with Gasteiger partial charge in [0.25, 0.3) is 15.9 Å². The molecule has 0 saturated carbocycles. The second-order valence-corrected chi connectivity index (χ2v) is 12.7. The van der Waals surface area contributed by atoms with Crippen LogP contribution in [0.25, 0.3) is 10.9 Å². The van der Waals surface area contributed by atoms with E-state index in [2.05, 4.69) is 10.0 Å². The molecule has 2 N–H and O–H groups in total. The predicted octanol–water partition coefficient (Wildman–Crippen LogP) is 5.86. The Morgan fingerprint density at radius 2 is 1.77 bits per heavy atom. The third-order valence-electron chi connectivity index (χ3n) is 7.44. The molecule has 0 unspecified atom stereocenters. The second-order valence-electron chi connectivity index (χ2n) is 10.7. The Morgan fingerprint density at radius 1 is 1.05 bits per heavy atom. The van der Waals surface area contributed by atoms with Crippen molar-refractivity contribution < 1.29 is 27.5 Å². The maximum atomic E-state index is 13.3. The van der Waals surface area contributed by atoms with Crippen LogP contribution in [0.1, 0.15) is 40.9 Å². The van der Waals surface area contributed by atoms with Crippen molar-refractivity contribution in [3.63, 3.8) is 0 Å². The molecule has 5 rings (SSSR count). The number of ether oxygens (including phenoxy) is 2. The summed E-state index contributed by atoms with van der Waals surface area (Å²) in [5.41, 5.74) is 3.37. The number of carbonyl (C=O) groups excluding carboxylic acids is 2. The number of sulfonamides is 1. The van der Waals surface area contributed by atoms with Crippen molar-refractivity contribution in [1.29, 1.82) is 0 Å². The molecule has 226 valence electrons. The lowest BCUT2D eigenvalue weighted by atomic mass is 10.0. The highest BCUT2D eigenvalue weighted by atomic mass is 35.5. The summed E-state index contributed by atoms with van der Waals surface area (Å²) in [5.74, 6) is -0.425. The summed E-state index contributed by atoms with van der Waals surface area (Å²) in [7, 11) is -4.18. The van der Waals surface area contributed by atoms with Gasteiger partial charge in [-0.05, 0) is 92.8 Å². The van der Waals surface area contributed by atoms with Gasteiger partial charge < -0.3 is 19.4 Å². The fraction of sp³-hybridized carbons (Fsp3) is 0.312. The van der Waals surface area contributed by atoms with Crippen LogP contribution in [-0.2, 0) is 26.1 Å². The summed E-state index contributed by atoms with van der Waals surface area (Å²) >= 11 is 6.26. The third kappa shape index (κ3) is 7.21. The number of anilines is 1. The van der Waals surface area contributed by atoms with E-state index in [1.807, 2.05) is 50.2 Å². The topological polar surface area (TPSA) is 116 Å². The molecule has 1 saturated heterocycles. The average Bonchev–Trinajstić information content (AvgIpc) is 3.37. The van der Waals surface area contributed by atoms with Crippen LogP contribution in [0.2, 0.25) is 5.02 Å². The molecule has 0 aliphatic carbocycles. The number of amides is 2. The molecule has 3 aromatic carbocycles. The molecular weight excluding hydrogens is 590 g/mol. The molecule has 1 aliphatic rings. The van der Waals surface area contributed by atoms with Crippen LogP contribution in [0, 0.1) is 19.8 Å². The lowest BCUT2D eigenvalue weighted by Gasteiger charge is -2.21. The summed E-state index contributed by atoms with van der Waals surface area (Å²) in [6, 6.07) is 18.7. The van der Waals surface area contributed by atoms with Crippen LogP contribution in [0.3, 0.4) is 0 Å². The van der Waals surface area contributed by atoms with E-state index in [0.29, 0.717) is 43.5 Å². The van der Waals surface area contributed by atoms with E-state index in [0.717, 1.165) is 40.6 Å². The highest BCUT2D eigenvalue weighted by Crippen LogP contribution is 2.26. The molecule has 4 aromatic rings. The van der Waals surface area contributed by atoms with E-state index in [9.17, 15) is 18.0 Å². The molecule has 1 atom stereocenters. The maximum Gasteiger partial charge on any atom is 0.281 e. The number of hydrogen-bond donors (Lipinski definition) is 2. The molecule has 2 heterocycles. The monoisotopic (exact) mass is 623 g/mol. The molecular formula is C32H34ClN3O6S. The maximum absolute atomic E-state index is 13.3. The van der Waals surface area contributed by atoms with Gasteiger partial charge in [0.2, 0.25) is 5.91 Å². The molecule has 1 aliphatic heterocycles. The minimum Gasteiger partial charge on any atom is -0.494 e. The van der Waals surface area contributed by atoms with Crippen molar-refractivity contribution in [3.05, 3.63) is 88.6 Å². The molecule has 1 aromatic heterocycles. The Bertz CT molecular complexity index is 1720. The molecule has 1 fully saturated rings. The van der Waals surface area contributed by atoms with Gasteiger partial charge in [0, 0.05) is 34.8 Å². The first-order valence-electron chi connectivity index (χ1n) is 14.2. The number of halogens is 1. The lowest BCUT2D eigenvalue weighted by molar-refractivity contribution is -0.123. The number of hydrogen-bond acceptors (Lipinski definition) is 6. The normalized spacial score (nSPS) is 15.3. The van der Waals surface area contributed by atoms with E-state index < -0.39 is 15.9 Å². The molecule has 0 radical (unpaired) electrons. The van der Waals surface area contributed by atoms with E-state index >= 15 is 0 Å². The number of benzene rings is 3.